The zero-order valence-electron chi connectivity index (χ0n) is 28.0. The molecule has 0 rings (SSSR count). The molecule has 0 saturated heterocycles. The minimum atomic E-state index is 0.431. The van der Waals surface area contributed by atoms with Gasteiger partial charge in [0.15, 0.2) is 0 Å². The van der Waals surface area contributed by atoms with Crippen molar-refractivity contribution < 1.29 is 0 Å². The molecule has 0 fully saturated rings. The van der Waals surface area contributed by atoms with Gasteiger partial charge < -0.3 is 0 Å². The minimum Gasteiger partial charge on any atom is -0.0874 e. The van der Waals surface area contributed by atoms with Crippen LogP contribution in [-0.2, 0) is 0 Å². The quantitative estimate of drug-likeness (QED) is 0.106. The average molecular weight is 545 g/mol. The fourth-order valence-corrected chi connectivity index (χ4v) is 4.19. The van der Waals surface area contributed by atoms with Crippen molar-refractivity contribution in [3.05, 3.63) is 107 Å². The van der Waals surface area contributed by atoms with E-state index >= 15 is 0 Å². The highest BCUT2D eigenvalue weighted by atomic mass is 14.0. The predicted molar refractivity (Wildman–Crippen MR) is 186 cm³/mol. The monoisotopic (exact) mass is 545 g/mol. The molecule has 0 bridgehead atoms. The molecule has 0 spiro atoms. The minimum absolute atomic E-state index is 0.431. The van der Waals surface area contributed by atoms with E-state index in [2.05, 4.69) is 154 Å². The molecule has 0 radical (unpaired) electrons. The number of hydrogen-bond donors (Lipinski definition) is 0. The van der Waals surface area contributed by atoms with Gasteiger partial charge in [0, 0.05) is 0 Å². The molecular formula is C40H64. The summed E-state index contributed by atoms with van der Waals surface area (Å²) in [4.78, 5) is 0. The highest BCUT2D eigenvalue weighted by Crippen LogP contribution is 2.14. The molecule has 0 heteroatoms. The van der Waals surface area contributed by atoms with Gasteiger partial charge in [0.1, 0.15) is 0 Å². The molecule has 0 aromatic rings. The molecule has 0 aliphatic rings. The van der Waals surface area contributed by atoms with Crippen LogP contribution in [0.25, 0.3) is 0 Å². The topological polar surface area (TPSA) is 0 Å². The molecule has 224 valence electrons. The standard InChI is InChI=1S/C40H64/c1-33(2)19-13-23-37(7)27-17-31-39(9)29-15-25-35(5)21-11-12-22-36(6)26-16-30-40(10)32-18-28-38(8)24-14-20-34(3)4/h11-12,15-17,19,21-22,25-28,30-31,34-36,39H,13-14,18,20,23-24,29,32H2,1-10H3/b21-11+,22-12+,25-15+,26-16+,31-17+,37-27+,38-28+,40-30+. The lowest BCUT2D eigenvalue weighted by Gasteiger charge is -2.05. The Labute approximate surface area is 251 Å². The van der Waals surface area contributed by atoms with Crippen molar-refractivity contribution in [2.24, 2.45) is 23.7 Å². The van der Waals surface area contributed by atoms with Crippen LogP contribution in [0, 0.1) is 23.7 Å². The van der Waals surface area contributed by atoms with Crippen molar-refractivity contribution in [2.45, 2.75) is 121 Å². The fraction of sp³-hybridized carbons (Fsp3) is 0.550. The summed E-state index contributed by atoms with van der Waals surface area (Å²) < 4.78 is 0. The summed E-state index contributed by atoms with van der Waals surface area (Å²) in [6.45, 7) is 22.5. The maximum Gasteiger partial charge on any atom is -0.00756 e. The number of allylic oxidation sites excluding steroid dienone is 18. The van der Waals surface area contributed by atoms with Crippen LogP contribution in [0.5, 0.6) is 0 Å². The third-order valence-electron chi connectivity index (χ3n) is 6.98. The lowest BCUT2D eigenvalue weighted by molar-refractivity contribution is 0.554. The molecule has 0 amide bonds. The highest BCUT2D eigenvalue weighted by molar-refractivity contribution is 5.16. The first kappa shape index (κ1) is 37.7. The smallest absolute Gasteiger partial charge is 0.00756 e. The molecule has 40 heavy (non-hydrogen) atoms. The van der Waals surface area contributed by atoms with Crippen molar-refractivity contribution in [1.82, 2.24) is 0 Å². The summed E-state index contributed by atoms with van der Waals surface area (Å²) in [5, 5.41) is 0. The maximum atomic E-state index is 2.43. The van der Waals surface area contributed by atoms with Crippen molar-refractivity contribution in [3.8, 4) is 0 Å². The van der Waals surface area contributed by atoms with E-state index in [0.717, 1.165) is 38.0 Å². The molecule has 0 aromatic carbocycles. The van der Waals surface area contributed by atoms with Gasteiger partial charge in [0.25, 0.3) is 0 Å². The van der Waals surface area contributed by atoms with Gasteiger partial charge in [-0.25, -0.2) is 0 Å². The van der Waals surface area contributed by atoms with Crippen molar-refractivity contribution in [3.63, 3.8) is 0 Å². The van der Waals surface area contributed by atoms with Crippen LogP contribution >= 0.6 is 0 Å². The number of hydrogen-bond acceptors (Lipinski definition) is 0. The van der Waals surface area contributed by atoms with Crippen LogP contribution in [0.1, 0.15) is 121 Å². The Kier molecular flexibility index (Phi) is 23.0. The Morgan fingerprint density at radius 1 is 0.550 bits per heavy atom. The third-order valence-corrected chi connectivity index (χ3v) is 6.98. The summed E-state index contributed by atoms with van der Waals surface area (Å²) in [5.41, 5.74) is 5.85. The summed E-state index contributed by atoms with van der Waals surface area (Å²) >= 11 is 0. The molecule has 0 saturated carbocycles. The van der Waals surface area contributed by atoms with Crippen molar-refractivity contribution in [1.29, 1.82) is 0 Å². The van der Waals surface area contributed by atoms with E-state index in [1.165, 1.54) is 36.0 Å². The molecule has 0 aliphatic carbocycles. The van der Waals surface area contributed by atoms with E-state index in [4.69, 9.17) is 0 Å². The van der Waals surface area contributed by atoms with E-state index in [9.17, 15) is 0 Å². The second kappa shape index (κ2) is 24.5. The summed E-state index contributed by atoms with van der Waals surface area (Å²) in [6, 6.07) is 0. The second-order valence-corrected chi connectivity index (χ2v) is 12.6. The Morgan fingerprint density at radius 3 is 1.65 bits per heavy atom. The third kappa shape index (κ3) is 25.9. The van der Waals surface area contributed by atoms with Gasteiger partial charge in [-0.2, -0.15) is 0 Å². The highest BCUT2D eigenvalue weighted by Gasteiger charge is 1.97. The summed E-state index contributed by atoms with van der Waals surface area (Å²) in [7, 11) is 0. The molecule has 3 atom stereocenters. The number of rotatable bonds is 20. The van der Waals surface area contributed by atoms with E-state index in [1.807, 2.05) is 0 Å². The Morgan fingerprint density at radius 2 is 1.07 bits per heavy atom. The first-order valence-corrected chi connectivity index (χ1v) is 16.0. The van der Waals surface area contributed by atoms with Crippen LogP contribution < -0.4 is 0 Å². The molecule has 0 aromatic heterocycles. The van der Waals surface area contributed by atoms with Crippen LogP contribution in [0.4, 0.5) is 0 Å². The summed E-state index contributed by atoms with van der Waals surface area (Å²) in [6.07, 6.45) is 41.4. The predicted octanol–water partition coefficient (Wildman–Crippen LogP) is 13.3. The van der Waals surface area contributed by atoms with Gasteiger partial charge in [0.05, 0.1) is 0 Å². The SMILES string of the molecule is CC(C)=CCC/C(C)=C/C=C/C(C)C/C=C/C(C)/C=C/C=C/C(C)/C=C/C=C(\C)CC/C=C(\C)CCCC(C)C. The zero-order valence-corrected chi connectivity index (χ0v) is 28.0. The van der Waals surface area contributed by atoms with Crippen LogP contribution in [0.15, 0.2) is 107 Å². The molecule has 0 N–H and O–H groups in total. The van der Waals surface area contributed by atoms with Gasteiger partial charge in [-0.1, -0.05) is 148 Å². The molecular weight excluding hydrogens is 480 g/mol. The van der Waals surface area contributed by atoms with E-state index in [0.29, 0.717) is 17.8 Å². The Balaban J connectivity index is 4.33. The normalized spacial score (nSPS) is 16.4. The fourth-order valence-electron chi connectivity index (χ4n) is 4.19. The van der Waals surface area contributed by atoms with Crippen LogP contribution in [-0.4, -0.2) is 0 Å². The van der Waals surface area contributed by atoms with E-state index in [1.54, 1.807) is 5.57 Å². The van der Waals surface area contributed by atoms with Gasteiger partial charge >= 0.3 is 0 Å². The lowest BCUT2D eigenvalue weighted by atomic mass is 10.0. The molecule has 0 aliphatic heterocycles. The molecule has 0 nitrogen and oxygen atoms in total. The van der Waals surface area contributed by atoms with Crippen LogP contribution in [0.3, 0.4) is 0 Å². The van der Waals surface area contributed by atoms with Crippen molar-refractivity contribution >= 4 is 0 Å². The average Bonchev–Trinajstić information content (AvgIpc) is 2.86. The van der Waals surface area contributed by atoms with Crippen molar-refractivity contribution in [2.75, 3.05) is 0 Å². The maximum absolute atomic E-state index is 2.43. The first-order chi connectivity index (χ1) is 19.0. The van der Waals surface area contributed by atoms with Gasteiger partial charge in [-0.3, -0.25) is 0 Å². The largest absolute Gasteiger partial charge is 0.0874 e. The lowest BCUT2D eigenvalue weighted by Crippen LogP contribution is -1.88. The summed E-state index contributed by atoms with van der Waals surface area (Å²) in [5.74, 6) is 2.25. The van der Waals surface area contributed by atoms with Gasteiger partial charge in [0.2, 0.25) is 0 Å². The molecule has 3 unspecified atom stereocenters. The van der Waals surface area contributed by atoms with Gasteiger partial charge in [-0.15, -0.1) is 0 Å². The van der Waals surface area contributed by atoms with E-state index in [-0.39, 0.29) is 0 Å². The van der Waals surface area contributed by atoms with Gasteiger partial charge in [-0.05, 0) is 103 Å². The second-order valence-electron chi connectivity index (χ2n) is 12.6. The van der Waals surface area contributed by atoms with Crippen LogP contribution in [0.2, 0.25) is 0 Å². The Hall–Kier alpha value is -2.34. The Bertz CT molecular complexity index is 915. The van der Waals surface area contributed by atoms with E-state index < -0.39 is 0 Å². The first-order valence-electron chi connectivity index (χ1n) is 16.0. The molecule has 0 heterocycles. The zero-order chi connectivity index (χ0) is 30.2.